The maximum atomic E-state index is 13.2. The van der Waals surface area contributed by atoms with Gasteiger partial charge in [0.1, 0.15) is 11.4 Å². The van der Waals surface area contributed by atoms with Gasteiger partial charge in [-0.25, -0.2) is 4.39 Å². The van der Waals surface area contributed by atoms with E-state index in [1.54, 1.807) is 12.1 Å². The van der Waals surface area contributed by atoms with E-state index in [4.69, 9.17) is 4.74 Å². The summed E-state index contributed by atoms with van der Waals surface area (Å²) in [6.07, 6.45) is 2.82. The predicted molar refractivity (Wildman–Crippen MR) is 108 cm³/mol. The lowest BCUT2D eigenvalue weighted by Crippen LogP contribution is -2.64. The van der Waals surface area contributed by atoms with Gasteiger partial charge in [0, 0.05) is 37.2 Å². The molecular weight excluding hydrogens is 359 g/mol. The summed E-state index contributed by atoms with van der Waals surface area (Å²) in [5, 5.41) is 15.0. The molecule has 5 nitrogen and oxygen atoms in total. The van der Waals surface area contributed by atoms with E-state index in [1.807, 2.05) is 25.7 Å². The number of carbonyl (C=O) groups is 1. The molecule has 2 aliphatic rings. The fraction of sp³-hybridized carbons (Fsp3) is 0.682. The highest BCUT2D eigenvalue weighted by Gasteiger charge is 2.53. The first-order valence-corrected chi connectivity index (χ1v) is 10.5. The zero-order valence-corrected chi connectivity index (χ0v) is 17.2. The number of rotatable bonds is 6. The number of hydrogen-bond acceptors (Lipinski definition) is 4. The Morgan fingerprint density at radius 1 is 1.36 bits per heavy atom. The van der Waals surface area contributed by atoms with Crippen molar-refractivity contribution in [3.05, 3.63) is 30.1 Å². The van der Waals surface area contributed by atoms with Crippen molar-refractivity contribution in [3.63, 3.8) is 0 Å². The summed E-state index contributed by atoms with van der Waals surface area (Å²) >= 11 is 0. The molecule has 2 N–H and O–H groups in total. The predicted octanol–water partition coefficient (Wildman–Crippen LogP) is 3.43. The van der Waals surface area contributed by atoms with Crippen molar-refractivity contribution >= 4 is 11.6 Å². The Bertz CT molecular complexity index is 666. The number of benzene rings is 1. The van der Waals surface area contributed by atoms with Crippen LogP contribution in [0, 0.1) is 17.7 Å². The van der Waals surface area contributed by atoms with Gasteiger partial charge in [-0.3, -0.25) is 4.79 Å². The van der Waals surface area contributed by atoms with Gasteiger partial charge in [-0.2, -0.15) is 0 Å². The SMILES string of the molecule is CCN(C[C@@H]1CC[C@@H](Nc2ccc(F)cc2)[C@@]2(O)CCCO[C@H]12)C(=O)C(C)C. The zero-order chi connectivity index (χ0) is 20.3. The van der Waals surface area contributed by atoms with Crippen molar-refractivity contribution in [3.8, 4) is 0 Å². The lowest BCUT2D eigenvalue weighted by molar-refractivity contribution is -0.193. The molecule has 3 rings (SSSR count). The molecule has 1 saturated heterocycles. The van der Waals surface area contributed by atoms with Crippen molar-refractivity contribution in [2.45, 2.75) is 64.2 Å². The van der Waals surface area contributed by atoms with Gasteiger partial charge in [-0.15, -0.1) is 0 Å². The molecule has 4 atom stereocenters. The first-order valence-electron chi connectivity index (χ1n) is 10.5. The molecule has 1 saturated carbocycles. The van der Waals surface area contributed by atoms with Crippen LogP contribution in [0.15, 0.2) is 24.3 Å². The number of hydrogen-bond donors (Lipinski definition) is 2. The van der Waals surface area contributed by atoms with Crippen molar-refractivity contribution in [2.24, 2.45) is 11.8 Å². The summed E-state index contributed by atoms with van der Waals surface area (Å²) in [7, 11) is 0. The molecular formula is C22H33FN2O3. The minimum Gasteiger partial charge on any atom is -0.385 e. The molecule has 1 aromatic carbocycles. The molecule has 6 heteroatoms. The highest BCUT2D eigenvalue weighted by molar-refractivity contribution is 5.78. The third-order valence-corrected chi connectivity index (χ3v) is 6.20. The lowest BCUT2D eigenvalue weighted by atomic mass is 9.68. The van der Waals surface area contributed by atoms with Crippen molar-refractivity contribution in [2.75, 3.05) is 25.0 Å². The maximum Gasteiger partial charge on any atom is 0.225 e. The molecule has 156 valence electrons. The average Bonchev–Trinajstić information content (AvgIpc) is 2.68. The number of halogens is 1. The number of carbonyl (C=O) groups excluding carboxylic acids is 1. The highest BCUT2D eigenvalue weighted by atomic mass is 19.1. The first kappa shape index (κ1) is 21.1. The van der Waals surface area contributed by atoms with Crippen LogP contribution in [0.25, 0.3) is 0 Å². The van der Waals surface area contributed by atoms with E-state index in [-0.39, 0.29) is 35.7 Å². The van der Waals surface area contributed by atoms with E-state index < -0.39 is 5.60 Å². The van der Waals surface area contributed by atoms with Gasteiger partial charge in [0.05, 0.1) is 12.1 Å². The number of anilines is 1. The van der Waals surface area contributed by atoms with Crippen molar-refractivity contribution in [1.82, 2.24) is 4.90 Å². The monoisotopic (exact) mass is 392 g/mol. The molecule has 0 spiro atoms. The molecule has 0 aromatic heterocycles. The Balaban J connectivity index is 1.75. The van der Waals surface area contributed by atoms with Crippen LogP contribution in [-0.4, -0.2) is 53.4 Å². The van der Waals surface area contributed by atoms with E-state index in [2.05, 4.69) is 5.32 Å². The van der Waals surface area contributed by atoms with Crippen molar-refractivity contribution < 1.29 is 19.0 Å². The minimum absolute atomic E-state index is 0.0393. The van der Waals surface area contributed by atoms with Crippen LogP contribution >= 0.6 is 0 Å². The number of aliphatic hydroxyl groups is 1. The first-order chi connectivity index (χ1) is 13.3. The maximum absolute atomic E-state index is 13.2. The van der Waals surface area contributed by atoms with Gasteiger partial charge in [-0.05, 0) is 56.9 Å². The molecule has 1 aliphatic heterocycles. The van der Waals surface area contributed by atoms with Gasteiger partial charge in [0.25, 0.3) is 0 Å². The standard InChI is InChI=1S/C22H33FN2O3/c1-4-25(21(26)15(2)3)14-16-6-11-19(22(27)12-5-13-28-20(16)22)24-18-9-7-17(23)8-10-18/h7-10,15-16,19-20,24,27H,4-6,11-14H2,1-3H3/t16-,19+,20+,22-/m0/s1. The summed E-state index contributed by atoms with van der Waals surface area (Å²) in [4.78, 5) is 14.4. The normalized spacial score (nSPS) is 30.0. The molecule has 0 radical (unpaired) electrons. The number of nitrogens with zero attached hydrogens (tertiary/aromatic N) is 1. The Labute approximate surface area is 167 Å². The summed E-state index contributed by atoms with van der Waals surface area (Å²) in [6.45, 7) is 7.75. The number of ether oxygens (including phenoxy) is 1. The molecule has 1 amide bonds. The zero-order valence-electron chi connectivity index (χ0n) is 17.2. The third-order valence-electron chi connectivity index (χ3n) is 6.20. The highest BCUT2D eigenvalue weighted by Crippen LogP contribution is 2.42. The van der Waals surface area contributed by atoms with Gasteiger partial charge in [0.2, 0.25) is 5.91 Å². The average molecular weight is 393 g/mol. The van der Waals surface area contributed by atoms with Crippen LogP contribution in [0.5, 0.6) is 0 Å². The topological polar surface area (TPSA) is 61.8 Å². The Morgan fingerprint density at radius 2 is 2.07 bits per heavy atom. The lowest BCUT2D eigenvalue weighted by Gasteiger charge is -2.52. The fourth-order valence-electron chi connectivity index (χ4n) is 4.71. The second-order valence-corrected chi connectivity index (χ2v) is 8.46. The summed E-state index contributed by atoms with van der Waals surface area (Å²) < 4.78 is 19.3. The van der Waals surface area contributed by atoms with E-state index in [0.29, 0.717) is 26.1 Å². The number of nitrogens with one attached hydrogen (secondary N) is 1. The van der Waals surface area contributed by atoms with Gasteiger partial charge in [0.15, 0.2) is 0 Å². The van der Waals surface area contributed by atoms with E-state index in [0.717, 1.165) is 24.9 Å². The van der Waals surface area contributed by atoms with Crippen LogP contribution in [-0.2, 0) is 9.53 Å². The van der Waals surface area contributed by atoms with Crippen LogP contribution < -0.4 is 5.32 Å². The van der Waals surface area contributed by atoms with E-state index in [9.17, 15) is 14.3 Å². The Kier molecular flexibility index (Phi) is 6.61. The smallest absolute Gasteiger partial charge is 0.225 e. The molecule has 0 bridgehead atoms. The Morgan fingerprint density at radius 3 is 2.71 bits per heavy atom. The van der Waals surface area contributed by atoms with Gasteiger partial charge >= 0.3 is 0 Å². The molecule has 2 fully saturated rings. The van der Waals surface area contributed by atoms with E-state index in [1.165, 1.54) is 12.1 Å². The third kappa shape index (κ3) is 4.33. The molecule has 1 aliphatic carbocycles. The van der Waals surface area contributed by atoms with Gasteiger partial charge in [-0.1, -0.05) is 13.8 Å². The van der Waals surface area contributed by atoms with Crippen molar-refractivity contribution in [1.29, 1.82) is 0 Å². The minimum atomic E-state index is -0.990. The molecule has 1 aromatic rings. The fourth-order valence-corrected chi connectivity index (χ4v) is 4.71. The van der Waals surface area contributed by atoms with Gasteiger partial charge < -0.3 is 20.1 Å². The summed E-state index contributed by atoms with van der Waals surface area (Å²) in [5.41, 5.74) is -0.191. The number of amides is 1. The molecule has 0 unspecified atom stereocenters. The van der Waals surface area contributed by atoms with Crippen LogP contribution in [0.2, 0.25) is 0 Å². The quantitative estimate of drug-likeness (QED) is 0.779. The van der Waals surface area contributed by atoms with Crippen LogP contribution in [0.1, 0.15) is 46.5 Å². The summed E-state index contributed by atoms with van der Waals surface area (Å²) in [6, 6.07) is 6.08. The van der Waals surface area contributed by atoms with Crippen LogP contribution in [0.3, 0.4) is 0 Å². The van der Waals surface area contributed by atoms with Crippen LogP contribution in [0.4, 0.5) is 10.1 Å². The largest absolute Gasteiger partial charge is 0.385 e. The van der Waals surface area contributed by atoms with E-state index >= 15 is 0 Å². The second kappa shape index (κ2) is 8.78. The molecule has 1 heterocycles. The molecule has 28 heavy (non-hydrogen) atoms. The summed E-state index contributed by atoms with van der Waals surface area (Å²) in [5.74, 6) is -0.0588. The number of fused-ring (bicyclic) bond motifs is 1. The Hall–Kier alpha value is -1.66. The second-order valence-electron chi connectivity index (χ2n) is 8.46.